The summed E-state index contributed by atoms with van der Waals surface area (Å²) in [4.78, 5) is 0. The van der Waals surface area contributed by atoms with Crippen LogP contribution < -0.4 is 0 Å². The lowest BCUT2D eigenvalue weighted by atomic mass is 9.55. The number of aliphatic hydroxyl groups excluding tert-OH is 1. The fraction of sp³-hybridized carbons (Fsp3) is 1.00. The van der Waals surface area contributed by atoms with Crippen molar-refractivity contribution in [3.63, 3.8) is 0 Å². The van der Waals surface area contributed by atoms with Crippen LogP contribution in [0.5, 0.6) is 0 Å². The first kappa shape index (κ1) is 12.7. The summed E-state index contributed by atoms with van der Waals surface area (Å²) in [5.41, 5.74) is 0. The molecule has 4 aliphatic carbocycles. The lowest BCUT2D eigenvalue weighted by Gasteiger charge is -2.50. The van der Waals surface area contributed by atoms with Gasteiger partial charge in [0, 0.05) is 0 Å². The average molecular weight is 262 g/mol. The Morgan fingerprint density at radius 2 is 1.00 bits per heavy atom. The zero-order valence-electron chi connectivity index (χ0n) is 12.3. The maximum absolute atomic E-state index is 9.98. The summed E-state index contributed by atoms with van der Waals surface area (Å²) in [6, 6.07) is 0. The molecule has 7 unspecified atom stereocenters. The first-order valence-corrected chi connectivity index (χ1v) is 9.01. The van der Waals surface area contributed by atoms with Crippen LogP contribution in [0, 0.1) is 35.5 Å². The smallest absolute Gasteiger partial charge is 0.0540 e. The highest BCUT2D eigenvalue weighted by atomic mass is 16.3. The van der Waals surface area contributed by atoms with E-state index in [0.29, 0.717) is 0 Å². The molecule has 1 heteroatoms. The van der Waals surface area contributed by atoms with Crippen molar-refractivity contribution in [2.45, 2.75) is 76.7 Å². The molecule has 19 heavy (non-hydrogen) atoms. The minimum Gasteiger partial charge on any atom is -0.393 e. The second kappa shape index (κ2) is 5.06. The first-order valence-electron chi connectivity index (χ1n) is 9.01. The van der Waals surface area contributed by atoms with Crippen molar-refractivity contribution in [3.05, 3.63) is 0 Å². The van der Waals surface area contributed by atoms with E-state index in [1.807, 2.05) is 0 Å². The standard InChI is InChI=1S/C18H30O/c19-14-7-4-13-6-10-17-15-3-1-2-12(15)5-9-18(17)16(13)11-8-14/h12-19H,1-11H2. The van der Waals surface area contributed by atoms with Gasteiger partial charge in [-0.15, -0.1) is 0 Å². The third kappa shape index (κ3) is 2.17. The van der Waals surface area contributed by atoms with Crippen LogP contribution in [-0.4, -0.2) is 11.2 Å². The van der Waals surface area contributed by atoms with Gasteiger partial charge in [0.15, 0.2) is 0 Å². The molecule has 0 saturated heterocycles. The Bertz CT molecular complexity index is 326. The summed E-state index contributed by atoms with van der Waals surface area (Å²) in [6.45, 7) is 0. The molecule has 0 heterocycles. The van der Waals surface area contributed by atoms with Crippen molar-refractivity contribution in [2.24, 2.45) is 35.5 Å². The Hall–Kier alpha value is -0.0400. The number of rotatable bonds is 0. The highest BCUT2D eigenvalue weighted by molar-refractivity contribution is 4.98. The fourth-order valence-electron chi connectivity index (χ4n) is 6.60. The molecule has 7 atom stereocenters. The molecule has 108 valence electrons. The maximum atomic E-state index is 9.98. The minimum atomic E-state index is 0.0202. The van der Waals surface area contributed by atoms with Crippen LogP contribution in [0.1, 0.15) is 70.6 Å². The van der Waals surface area contributed by atoms with E-state index in [0.717, 1.165) is 48.3 Å². The molecule has 4 aliphatic rings. The molecule has 1 nitrogen and oxygen atoms in total. The van der Waals surface area contributed by atoms with E-state index in [2.05, 4.69) is 0 Å². The molecule has 1 N–H and O–H groups in total. The Balaban J connectivity index is 1.53. The van der Waals surface area contributed by atoms with Gasteiger partial charge in [-0.25, -0.2) is 0 Å². The summed E-state index contributed by atoms with van der Waals surface area (Å²) in [5, 5.41) is 9.98. The average Bonchev–Trinajstić information content (AvgIpc) is 2.83. The van der Waals surface area contributed by atoms with Crippen molar-refractivity contribution >= 4 is 0 Å². The summed E-state index contributed by atoms with van der Waals surface area (Å²) in [5.74, 6) is 6.29. The Morgan fingerprint density at radius 1 is 0.474 bits per heavy atom. The molecule has 0 aromatic heterocycles. The third-order valence-corrected chi connectivity index (χ3v) is 7.42. The molecule has 0 aromatic rings. The van der Waals surface area contributed by atoms with Crippen molar-refractivity contribution in [1.82, 2.24) is 0 Å². The molecule has 0 amide bonds. The van der Waals surface area contributed by atoms with Crippen LogP contribution in [-0.2, 0) is 0 Å². The second-order valence-electron chi connectivity index (χ2n) is 8.07. The molecule has 4 rings (SSSR count). The zero-order chi connectivity index (χ0) is 12.8. The van der Waals surface area contributed by atoms with Crippen molar-refractivity contribution in [3.8, 4) is 0 Å². The van der Waals surface area contributed by atoms with Gasteiger partial charge < -0.3 is 5.11 Å². The monoisotopic (exact) mass is 262 g/mol. The highest BCUT2D eigenvalue weighted by Gasteiger charge is 2.48. The Kier molecular flexibility index (Phi) is 3.38. The lowest BCUT2D eigenvalue weighted by Crippen LogP contribution is -2.42. The van der Waals surface area contributed by atoms with Crippen LogP contribution in [0.4, 0.5) is 0 Å². The van der Waals surface area contributed by atoms with Crippen LogP contribution in [0.2, 0.25) is 0 Å². The lowest BCUT2D eigenvalue weighted by molar-refractivity contribution is -0.00411. The number of fused-ring (bicyclic) bond motifs is 5. The molecule has 4 fully saturated rings. The minimum absolute atomic E-state index is 0.0202. The van der Waals surface area contributed by atoms with E-state index in [9.17, 15) is 5.11 Å². The van der Waals surface area contributed by atoms with Crippen LogP contribution in [0.15, 0.2) is 0 Å². The van der Waals surface area contributed by atoms with Gasteiger partial charge in [0.1, 0.15) is 0 Å². The van der Waals surface area contributed by atoms with Gasteiger partial charge in [0.2, 0.25) is 0 Å². The molecule has 0 aromatic carbocycles. The van der Waals surface area contributed by atoms with E-state index in [1.54, 1.807) is 12.8 Å². The van der Waals surface area contributed by atoms with Gasteiger partial charge >= 0.3 is 0 Å². The van der Waals surface area contributed by atoms with Crippen molar-refractivity contribution < 1.29 is 5.11 Å². The zero-order valence-corrected chi connectivity index (χ0v) is 12.3. The van der Waals surface area contributed by atoms with Crippen LogP contribution >= 0.6 is 0 Å². The third-order valence-electron chi connectivity index (χ3n) is 7.42. The molecule has 0 radical (unpaired) electrons. The number of hydrogen-bond acceptors (Lipinski definition) is 1. The summed E-state index contributed by atoms with van der Waals surface area (Å²) in [6.07, 6.45) is 15.6. The van der Waals surface area contributed by atoms with Crippen molar-refractivity contribution in [2.75, 3.05) is 0 Å². The van der Waals surface area contributed by atoms with E-state index in [4.69, 9.17) is 0 Å². The van der Waals surface area contributed by atoms with Gasteiger partial charge in [0.25, 0.3) is 0 Å². The Labute approximate surface area is 118 Å². The van der Waals surface area contributed by atoms with E-state index >= 15 is 0 Å². The number of hydrogen-bond donors (Lipinski definition) is 1. The summed E-state index contributed by atoms with van der Waals surface area (Å²) < 4.78 is 0. The molecule has 4 saturated carbocycles. The van der Waals surface area contributed by atoms with Crippen molar-refractivity contribution in [1.29, 1.82) is 0 Å². The van der Waals surface area contributed by atoms with Gasteiger partial charge in [0.05, 0.1) is 6.10 Å². The van der Waals surface area contributed by atoms with E-state index < -0.39 is 0 Å². The topological polar surface area (TPSA) is 20.2 Å². The molecule has 0 aliphatic heterocycles. The fourth-order valence-corrected chi connectivity index (χ4v) is 6.60. The van der Waals surface area contributed by atoms with Gasteiger partial charge in [-0.2, -0.15) is 0 Å². The molecule has 0 bridgehead atoms. The maximum Gasteiger partial charge on any atom is 0.0540 e. The van der Waals surface area contributed by atoms with Gasteiger partial charge in [-0.1, -0.05) is 12.8 Å². The first-order chi connectivity index (χ1) is 9.33. The largest absolute Gasteiger partial charge is 0.393 e. The summed E-state index contributed by atoms with van der Waals surface area (Å²) in [7, 11) is 0. The molecule has 0 spiro atoms. The number of aliphatic hydroxyl groups is 1. The predicted octanol–water partition coefficient (Wildman–Crippen LogP) is 4.39. The van der Waals surface area contributed by atoms with E-state index in [-0.39, 0.29) is 6.10 Å². The van der Waals surface area contributed by atoms with Gasteiger partial charge in [-0.3, -0.25) is 0 Å². The Morgan fingerprint density at radius 3 is 1.79 bits per heavy atom. The highest BCUT2D eigenvalue weighted by Crippen LogP contribution is 2.57. The summed E-state index contributed by atoms with van der Waals surface area (Å²) >= 11 is 0. The predicted molar refractivity (Wildman–Crippen MR) is 77.7 cm³/mol. The molecular weight excluding hydrogens is 232 g/mol. The second-order valence-corrected chi connectivity index (χ2v) is 8.07. The van der Waals surface area contributed by atoms with E-state index in [1.165, 1.54) is 44.9 Å². The van der Waals surface area contributed by atoms with Crippen LogP contribution in [0.25, 0.3) is 0 Å². The van der Waals surface area contributed by atoms with Crippen LogP contribution in [0.3, 0.4) is 0 Å². The normalized spacial score (nSPS) is 53.8. The quantitative estimate of drug-likeness (QED) is 0.686. The van der Waals surface area contributed by atoms with Gasteiger partial charge in [-0.05, 0) is 93.3 Å². The SMILES string of the molecule is OC1CCC2CCC3C4CCCC4CCC3C2CC1. The molecular formula is C18H30O.